The van der Waals surface area contributed by atoms with Gasteiger partial charge in [0.25, 0.3) is 10.0 Å². The Morgan fingerprint density at radius 2 is 1.82 bits per heavy atom. The number of hydrogen-bond donors (Lipinski definition) is 2. The van der Waals surface area contributed by atoms with E-state index in [9.17, 15) is 26.4 Å². The Kier molecular flexibility index (Phi) is 6.00. The van der Waals surface area contributed by atoms with Crippen LogP contribution in [0.3, 0.4) is 0 Å². The van der Waals surface area contributed by atoms with Gasteiger partial charge in [-0.1, -0.05) is 23.2 Å². The van der Waals surface area contributed by atoms with Crippen LogP contribution in [-0.2, 0) is 16.2 Å². The lowest BCUT2D eigenvalue weighted by Crippen LogP contribution is -2.18. The summed E-state index contributed by atoms with van der Waals surface area (Å²) in [6.45, 7) is 1.56. The second-order valence-corrected chi connectivity index (χ2v) is 9.51. The molecule has 34 heavy (non-hydrogen) atoms. The lowest BCUT2D eigenvalue weighted by molar-refractivity contribution is -0.137. The van der Waals surface area contributed by atoms with E-state index in [0.29, 0.717) is 17.1 Å². The van der Waals surface area contributed by atoms with Crippen LogP contribution in [0, 0.1) is 6.92 Å². The first-order valence-electron chi connectivity index (χ1n) is 9.28. The largest absolute Gasteiger partial charge is 0.417 e. The number of benzene rings is 1. The van der Waals surface area contributed by atoms with Crippen molar-refractivity contribution >= 4 is 55.7 Å². The van der Waals surface area contributed by atoms with Gasteiger partial charge in [-0.2, -0.15) is 13.2 Å². The number of nitrogens with one attached hydrogen (secondary N) is 2. The summed E-state index contributed by atoms with van der Waals surface area (Å²) in [6.07, 6.45) is -2.21. The number of ketones is 1. The van der Waals surface area contributed by atoms with Crippen molar-refractivity contribution in [2.45, 2.75) is 18.0 Å². The number of sulfonamides is 1. The number of halogens is 5. The van der Waals surface area contributed by atoms with Crippen LogP contribution >= 0.6 is 23.2 Å². The summed E-state index contributed by atoms with van der Waals surface area (Å²) < 4.78 is 67.5. The van der Waals surface area contributed by atoms with Crippen molar-refractivity contribution in [3.63, 3.8) is 0 Å². The zero-order valence-electron chi connectivity index (χ0n) is 16.9. The average molecular weight is 530 g/mol. The zero-order chi connectivity index (χ0) is 24.8. The van der Waals surface area contributed by atoms with Gasteiger partial charge in [0.1, 0.15) is 22.9 Å². The maximum absolute atomic E-state index is 13.3. The summed E-state index contributed by atoms with van der Waals surface area (Å²) >= 11 is 11.5. The lowest BCUT2D eigenvalue weighted by Gasteiger charge is -2.14. The van der Waals surface area contributed by atoms with Crippen LogP contribution < -0.4 is 4.72 Å². The Morgan fingerprint density at radius 1 is 1.09 bits per heavy atom. The van der Waals surface area contributed by atoms with Crippen LogP contribution in [0.4, 0.5) is 18.9 Å². The molecule has 0 bridgehead atoms. The molecule has 0 aliphatic heterocycles. The van der Waals surface area contributed by atoms with Crippen molar-refractivity contribution in [3.8, 4) is 0 Å². The number of aromatic amines is 1. The van der Waals surface area contributed by atoms with E-state index in [1.165, 1.54) is 0 Å². The van der Waals surface area contributed by atoms with E-state index < -0.39 is 37.5 Å². The first-order chi connectivity index (χ1) is 15.9. The summed E-state index contributed by atoms with van der Waals surface area (Å²) in [7, 11) is -4.61. The number of hydrogen-bond acceptors (Lipinski definition) is 6. The van der Waals surface area contributed by atoms with Gasteiger partial charge in [0.15, 0.2) is 0 Å². The van der Waals surface area contributed by atoms with Gasteiger partial charge in [0.2, 0.25) is 5.78 Å². The quantitative estimate of drug-likeness (QED) is 0.350. The van der Waals surface area contributed by atoms with Gasteiger partial charge in [-0.05, 0) is 37.3 Å². The minimum atomic E-state index is -4.88. The number of rotatable bonds is 5. The van der Waals surface area contributed by atoms with E-state index in [-0.39, 0.29) is 27.9 Å². The number of alkyl halides is 3. The molecule has 3 heterocycles. The number of aromatic nitrogens is 4. The third kappa shape index (κ3) is 4.56. The minimum Gasteiger partial charge on any atom is -0.346 e. The monoisotopic (exact) mass is 529 g/mol. The normalized spacial score (nSPS) is 12.2. The van der Waals surface area contributed by atoms with Crippen molar-refractivity contribution in [3.05, 3.63) is 75.5 Å². The molecule has 0 fully saturated rings. The molecule has 2 N–H and O–H groups in total. The minimum absolute atomic E-state index is 0.0213. The van der Waals surface area contributed by atoms with E-state index in [4.69, 9.17) is 23.2 Å². The molecule has 8 nitrogen and oxygen atoms in total. The van der Waals surface area contributed by atoms with Crippen LogP contribution in [0.1, 0.15) is 27.6 Å². The summed E-state index contributed by atoms with van der Waals surface area (Å²) in [5, 5.41) is -0.318. The number of carbonyl (C=O) groups excluding carboxylic acids is 1. The fourth-order valence-corrected chi connectivity index (χ4v) is 4.59. The third-order valence-corrected chi connectivity index (χ3v) is 6.51. The fourth-order valence-electron chi connectivity index (χ4n) is 3.13. The first-order valence-corrected chi connectivity index (χ1v) is 11.5. The molecule has 3 aromatic heterocycles. The van der Waals surface area contributed by atoms with Crippen molar-refractivity contribution in [1.82, 2.24) is 19.9 Å². The van der Waals surface area contributed by atoms with E-state index in [2.05, 4.69) is 24.7 Å². The number of aryl methyl sites for hydroxylation is 1. The molecule has 0 saturated heterocycles. The van der Waals surface area contributed by atoms with Crippen molar-refractivity contribution in [2.24, 2.45) is 0 Å². The van der Waals surface area contributed by atoms with Gasteiger partial charge >= 0.3 is 6.18 Å². The predicted octanol–water partition coefficient (Wildman–Crippen LogP) is 5.02. The molecule has 1 aromatic carbocycles. The van der Waals surface area contributed by atoms with Gasteiger partial charge in [0.05, 0.1) is 26.2 Å². The Morgan fingerprint density at radius 3 is 2.53 bits per heavy atom. The molecule has 0 atom stereocenters. The summed E-state index contributed by atoms with van der Waals surface area (Å²) in [5.41, 5.74) is -1.71. The highest BCUT2D eigenvalue weighted by Crippen LogP contribution is 2.36. The van der Waals surface area contributed by atoms with E-state index in [0.717, 1.165) is 24.4 Å². The Bertz CT molecular complexity index is 1560. The molecule has 4 aromatic rings. The number of pyridine rings is 1. The summed E-state index contributed by atoms with van der Waals surface area (Å²) in [4.78, 5) is 27.7. The second kappa shape index (κ2) is 8.53. The first kappa shape index (κ1) is 23.9. The topological polar surface area (TPSA) is 118 Å². The Balaban J connectivity index is 1.79. The van der Waals surface area contributed by atoms with Crippen molar-refractivity contribution < 1.29 is 26.4 Å². The Labute approximate surface area is 200 Å². The predicted molar refractivity (Wildman–Crippen MR) is 119 cm³/mol. The van der Waals surface area contributed by atoms with Crippen LogP contribution in [0.15, 0.2) is 47.6 Å². The second-order valence-electron chi connectivity index (χ2n) is 6.98. The molecule has 14 heteroatoms. The van der Waals surface area contributed by atoms with Crippen LogP contribution in [-0.4, -0.2) is 34.1 Å². The van der Waals surface area contributed by atoms with Gasteiger partial charge in [-0.25, -0.2) is 23.4 Å². The number of carbonyl (C=O) groups is 1. The smallest absolute Gasteiger partial charge is 0.346 e. The maximum atomic E-state index is 13.3. The standard InChI is InChI=1S/C20H12Cl2F3N5O3S/c1-9-28-16(12-4-5-26-19(12)29-9)18(31)17-15(6-10(21)8-27-17)30-34(32,33)11-2-3-14(22)13(7-11)20(23,24)25/h2-8,30H,1H3,(H,26,28,29). The molecule has 0 spiro atoms. The molecular formula is C20H12Cl2F3N5O3S. The molecule has 0 unspecified atom stereocenters. The van der Waals surface area contributed by atoms with Crippen LogP contribution in [0.2, 0.25) is 10.0 Å². The lowest BCUT2D eigenvalue weighted by atomic mass is 10.1. The Hall–Kier alpha value is -3.22. The molecule has 176 valence electrons. The number of anilines is 1. The molecular weight excluding hydrogens is 518 g/mol. The summed E-state index contributed by atoms with van der Waals surface area (Å²) in [5.74, 6) is -0.480. The maximum Gasteiger partial charge on any atom is 0.417 e. The molecule has 0 saturated carbocycles. The highest BCUT2D eigenvalue weighted by Gasteiger charge is 2.35. The number of nitrogens with zero attached hydrogens (tertiary/aromatic N) is 3. The fraction of sp³-hybridized carbons (Fsp3) is 0.100. The average Bonchev–Trinajstić information content (AvgIpc) is 3.20. The number of fused-ring (bicyclic) bond motifs is 1. The molecule has 0 aliphatic rings. The van der Waals surface area contributed by atoms with E-state index >= 15 is 0 Å². The van der Waals surface area contributed by atoms with E-state index in [1.54, 1.807) is 19.2 Å². The molecule has 0 aliphatic carbocycles. The van der Waals surface area contributed by atoms with Gasteiger partial charge in [-0.3, -0.25) is 9.52 Å². The van der Waals surface area contributed by atoms with E-state index in [1.807, 2.05) is 0 Å². The third-order valence-electron chi connectivity index (χ3n) is 4.61. The highest BCUT2D eigenvalue weighted by atomic mass is 35.5. The molecule has 4 rings (SSSR count). The number of H-pyrrole nitrogens is 1. The van der Waals surface area contributed by atoms with Crippen LogP contribution in [0.5, 0.6) is 0 Å². The SMILES string of the molecule is Cc1nc(C(=O)c2ncc(Cl)cc2NS(=O)(=O)c2ccc(Cl)c(C(F)(F)F)c2)c2cc[nH]c2n1. The molecule has 0 amide bonds. The zero-order valence-corrected chi connectivity index (χ0v) is 19.2. The van der Waals surface area contributed by atoms with Crippen molar-refractivity contribution in [2.75, 3.05) is 4.72 Å². The van der Waals surface area contributed by atoms with Gasteiger partial charge in [-0.15, -0.1) is 0 Å². The van der Waals surface area contributed by atoms with Gasteiger partial charge in [0, 0.05) is 17.8 Å². The highest BCUT2D eigenvalue weighted by molar-refractivity contribution is 7.92. The summed E-state index contributed by atoms with van der Waals surface area (Å²) in [6, 6.07) is 4.78. The van der Waals surface area contributed by atoms with Gasteiger partial charge < -0.3 is 4.98 Å². The van der Waals surface area contributed by atoms with Crippen molar-refractivity contribution in [1.29, 1.82) is 0 Å². The molecule has 0 radical (unpaired) electrons. The van der Waals surface area contributed by atoms with Crippen LogP contribution in [0.25, 0.3) is 11.0 Å².